The summed E-state index contributed by atoms with van der Waals surface area (Å²) < 4.78 is 0. The Morgan fingerprint density at radius 2 is 2.12 bits per heavy atom. The van der Waals surface area contributed by atoms with Crippen molar-refractivity contribution in [1.29, 1.82) is 0 Å². The minimum absolute atomic E-state index is 0.0137. The van der Waals surface area contributed by atoms with E-state index in [9.17, 15) is 4.79 Å². The average molecular weight is 393 g/mol. The summed E-state index contributed by atoms with van der Waals surface area (Å²) in [4.78, 5) is 27.2. The van der Waals surface area contributed by atoms with Crippen LogP contribution in [0.3, 0.4) is 0 Å². The van der Waals surface area contributed by atoms with Gasteiger partial charge in [0.05, 0.1) is 12.9 Å². The molecule has 1 aliphatic carbocycles. The molecule has 0 saturated heterocycles. The number of nitrogens with one attached hydrogen (secondary N) is 3. The summed E-state index contributed by atoms with van der Waals surface area (Å²) in [5.41, 5.74) is 1.03. The Bertz CT molecular complexity index is 919. The standard InChI is InChI=1S/C15H17ClN8OS/c16-14-21-11(10-12(22-14)19-7-18-10)17-6-9(25)20-15-24-23-13(26-15)8-4-2-1-3-5-8/h7-8H,1-6H2,(H,20,24,25)(H2,17,18,19,21,22). The number of carbonyl (C=O) groups is 1. The second kappa shape index (κ2) is 7.50. The van der Waals surface area contributed by atoms with Crippen molar-refractivity contribution < 1.29 is 4.79 Å². The van der Waals surface area contributed by atoms with Crippen molar-refractivity contribution in [2.24, 2.45) is 0 Å². The molecule has 0 radical (unpaired) electrons. The maximum atomic E-state index is 12.2. The summed E-state index contributed by atoms with van der Waals surface area (Å²) in [6.45, 7) is 0.0137. The van der Waals surface area contributed by atoms with E-state index < -0.39 is 0 Å². The fourth-order valence-electron chi connectivity index (χ4n) is 3.06. The average Bonchev–Trinajstić information content (AvgIpc) is 3.29. The fourth-order valence-corrected chi connectivity index (χ4v) is 4.15. The Labute approximate surface area is 158 Å². The molecule has 0 atom stereocenters. The smallest absolute Gasteiger partial charge is 0.245 e. The third-order valence-corrected chi connectivity index (χ3v) is 5.49. The number of hydrogen-bond acceptors (Lipinski definition) is 8. The molecule has 1 fully saturated rings. The number of anilines is 2. The molecular weight excluding hydrogens is 376 g/mol. The molecule has 3 heterocycles. The fraction of sp³-hybridized carbons (Fsp3) is 0.467. The van der Waals surface area contributed by atoms with E-state index in [-0.39, 0.29) is 17.7 Å². The Kier molecular flexibility index (Phi) is 4.93. The minimum atomic E-state index is -0.237. The van der Waals surface area contributed by atoms with Gasteiger partial charge in [-0.3, -0.25) is 10.1 Å². The molecule has 1 amide bonds. The van der Waals surface area contributed by atoms with Crippen molar-refractivity contribution in [1.82, 2.24) is 30.1 Å². The molecule has 0 aliphatic heterocycles. The van der Waals surface area contributed by atoms with Crippen LogP contribution in [0.25, 0.3) is 11.2 Å². The zero-order chi connectivity index (χ0) is 17.9. The van der Waals surface area contributed by atoms with Crippen molar-refractivity contribution >= 4 is 51.0 Å². The first-order chi connectivity index (χ1) is 12.7. The van der Waals surface area contributed by atoms with Gasteiger partial charge in [0.2, 0.25) is 16.3 Å². The monoisotopic (exact) mass is 392 g/mol. The zero-order valence-corrected chi connectivity index (χ0v) is 15.4. The summed E-state index contributed by atoms with van der Waals surface area (Å²) in [6, 6.07) is 0. The van der Waals surface area contributed by atoms with E-state index in [1.165, 1.54) is 36.9 Å². The molecular formula is C15H17ClN8OS. The van der Waals surface area contributed by atoms with Crippen LogP contribution in [-0.4, -0.2) is 42.6 Å². The van der Waals surface area contributed by atoms with Gasteiger partial charge >= 0.3 is 0 Å². The van der Waals surface area contributed by atoms with Crippen LogP contribution in [0.4, 0.5) is 10.9 Å². The van der Waals surface area contributed by atoms with Crippen molar-refractivity contribution in [2.45, 2.75) is 38.0 Å². The SMILES string of the molecule is O=C(CNc1nc(Cl)nc2nc[nH]c12)Nc1nnc(C2CCCCC2)s1. The van der Waals surface area contributed by atoms with Gasteiger partial charge in [-0.2, -0.15) is 9.97 Å². The summed E-state index contributed by atoms with van der Waals surface area (Å²) in [6.07, 6.45) is 7.56. The van der Waals surface area contributed by atoms with Gasteiger partial charge in [-0.05, 0) is 24.4 Å². The quantitative estimate of drug-likeness (QED) is 0.570. The molecule has 0 unspecified atom stereocenters. The third kappa shape index (κ3) is 3.75. The number of hydrogen-bond donors (Lipinski definition) is 3. The van der Waals surface area contributed by atoms with Crippen LogP contribution < -0.4 is 10.6 Å². The normalized spacial score (nSPS) is 15.3. The van der Waals surface area contributed by atoms with Crippen molar-refractivity contribution in [3.05, 3.63) is 16.6 Å². The number of amides is 1. The molecule has 0 bridgehead atoms. The number of imidazole rings is 1. The highest BCUT2D eigenvalue weighted by Gasteiger charge is 2.20. The van der Waals surface area contributed by atoms with Gasteiger partial charge in [0, 0.05) is 5.92 Å². The lowest BCUT2D eigenvalue weighted by Crippen LogP contribution is -2.22. The maximum absolute atomic E-state index is 12.2. The van der Waals surface area contributed by atoms with Gasteiger partial charge in [-0.15, -0.1) is 10.2 Å². The summed E-state index contributed by atoms with van der Waals surface area (Å²) in [5, 5.41) is 15.6. The van der Waals surface area contributed by atoms with Gasteiger partial charge in [-0.25, -0.2) is 4.98 Å². The van der Waals surface area contributed by atoms with Gasteiger partial charge in [0.1, 0.15) is 10.5 Å². The van der Waals surface area contributed by atoms with Gasteiger partial charge < -0.3 is 10.3 Å². The van der Waals surface area contributed by atoms with E-state index in [2.05, 4.69) is 40.8 Å². The zero-order valence-electron chi connectivity index (χ0n) is 13.8. The molecule has 9 nitrogen and oxygen atoms in total. The largest absolute Gasteiger partial charge is 0.359 e. The maximum Gasteiger partial charge on any atom is 0.245 e. The molecule has 3 aromatic heterocycles. The van der Waals surface area contributed by atoms with Gasteiger partial charge in [0.25, 0.3) is 0 Å². The number of nitrogens with zero attached hydrogens (tertiary/aromatic N) is 5. The molecule has 0 spiro atoms. The molecule has 136 valence electrons. The molecule has 0 aromatic carbocycles. The van der Waals surface area contributed by atoms with Gasteiger partial charge in [-0.1, -0.05) is 30.6 Å². The number of halogens is 1. The second-order valence-corrected chi connectivity index (χ2v) is 7.47. The van der Waals surface area contributed by atoms with E-state index >= 15 is 0 Å². The highest BCUT2D eigenvalue weighted by molar-refractivity contribution is 7.15. The highest BCUT2D eigenvalue weighted by Crippen LogP contribution is 2.35. The van der Waals surface area contributed by atoms with Crippen LogP contribution in [0.2, 0.25) is 5.28 Å². The number of H-pyrrole nitrogens is 1. The Balaban J connectivity index is 1.36. The van der Waals surface area contributed by atoms with Gasteiger partial charge in [0.15, 0.2) is 11.5 Å². The number of aromatic amines is 1. The summed E-state index contributed by atoms with van der Waals surface area (Å²) in [7, 11) is 0. The predicted octanol–water partition coefficient (Wildman–Crippen LogP) is 2.96. The Morgan fingerprint density at radius 1 is 1.27 bits per heavy atom. The molecule has 11 heteroatoms. The Morgan fingerprint density at radius 3 is 2.96 bits per heavy atom. The van der Waals surface area contributed by atoms with E-state index in [1.807, 2.05) is 0 Å². The first kappa shape index (κ1) is 17.1. The summed E-state index contributed by atoms with van der Waals surface area (Å²) >= 11 is 7.32. The molecule has 4 rings (SSSR count). The lowest BCUT2D eigenvalue weighted by atomic mass is 9.90. The van der Waals surface area contributed by atoms with E-state index in [0.717, 1.165) is 17.8 Å². The first-order valence-corrected chi connectivity index (χ1v) is 9.62. The first-order valence-electron chi connectivity index (χ1n) is 8.43. The number of fused-ring (bicyclic) bond motifs is 1. The number of carbonyl (C=O) groups excluding carboxylic acids is 1. The Hall–Kier alpha value is -2.33. The second-order valence-electron chi connectivity index (χ2n) is 6.12. The number of rotatable bonds is 5. The highest BCUT2D eigenvalue weighted by atomic mass is 35.5. The molecule has 3 N–H and O–H groups in total. The molecule has 1 saturated carbocycles. The van der Waals surface area contributed by atoms with E-state index in [0.29, 0.717) is 28.0 Å². The van der Waals surface area contributed by atoms with Crippen molar-refractivity contribution in [3.63, 3.8) is 0 Å². The number of aromatic nitrogens is 6. The molecule has 26 heavy (non-hydrogen) atoms. The van der Waals surface area contributed by atoms with Crippen LogP contribution in [-0.2, 0) is 4.79 Å². The molecule has 3 aromatic rings. The van der Waals surface area contributed by atoms with Crippen LogP contribution in [0.5, 0.6) is 0 Å². The predicted molar refractivity (Wildman–Crippen MR) is 99.5 cm³/mol. The van der Waals surface area contributed by atoms with E-state index in [1.54, 1.807) is 0 Å². The van der Waals surface area contributed by atoms with Crippen molar-refractivity contribution in [2.75, 3.05) is 17.2 Å². The van der Waals surface area contributed by atoms with Crippen LogP contribution in [0.15, 0.2) is 6.33 Å². The van der Waals surface area contributed by atoms with Crippen molar-refractivity contribution in [3.8, 4) is 0 Å². The summed E-state index contributed by atoms with van der Waals surface area (Å²) in [5.74, 6) is 0.661. The molecule has 1 aliphatic rings. The minimum Gasteiger partial charge on any atom is -0.359 e. The van der Waals surface area contributed by atoms with E-state index in [4.69, 9.17) is 11.6 Å². The lowest BCUT2D eigenvalue weighted by Gasteiger charge is -2.18. The van der Waals surface area contributed by atoms with Crippen LogP contribution in [0.1, 0.15) is 43.0 Å². The topological polar surface area (TPSA) is 121 Å². The van der Waals surface area contributed by atoms with Crippen LogP contribution >= 0.6 is 22.9 Å². The third-order valence-electron chi connectivity index (χ3n) is 4.32. The van der Waals surface area contributed by atoms with Crippen LogP contribution in [0, 0.1) is 0 Å². The lowest BCUT2D eigenvalue weighted by molar-refractivity contribution is -0.114.